The van der Waals surface area contributed by atoms with Crippen LogP contribution < -0.4 is 4.74 Å². The predicted octanol–water partition coefficient (Wildman–Crippen LogP) is 3.56. The van der Waals surface area contributed by atoms with Gasteiger partial charge in [-0.05, 0) is 17.7 Å². The molecule has 1 heterocycles. The van der Waals surface area contributed by atoms with Crippen molar-refractivity contribution in [2.45, 2.75) is 18.9 Å². The van der Waals surface area contributed by atoms with E-state index in [0.29, 0.717) is 18.5 Å². The summed E-state index contributed by atoms with van der Waals surface area (Å²) in [6.07, 6.45) is 0.765. The van der Waals surface area contributed by atoms with Gasteiger partial charge in [0.05, 0.1) is 31.2 Å². The molecule has 1 aliphatic rings. The lowest BCUT2D eigenvalue weighted by molar-refractivity contribution is 0.185. The van der Waals surface area contributed by atoms with Crippen LogP contribution in [0.5, 0.6) is 5.75 Å². The molecule has 0 bridgehead atoms. The molecule has 0 saturated carbocycles. The van der Waals surface area contributed by atoms with Crippen molar-refractivity contribution in [1.82, 2.24) is 9.78 Å². The summed E-state index contributed by atoms with van der Waals surface area (Å²) in [5.74, 6) is 0.739. The molecule has 124 valence electrons. The molecule has 0 saturated heterocycles. The second-order valence-corrected chi connectivity index (χ2v) is 6.08. The second-order valence-electron chi connectivity index (χ2n) is 6.08. The fourth-order valence-corrected chi connectivity index (χ4v) is 3.37. The standard InChI is InChI=1S/C20H17N3O2/c1-21-14-9-7-13(8-10-14)20-16-11-15(24)12-17(16)22-23(20)18-5-3-4-6-19(18)25-2/h3-10,15,24H,11-12H2,2H3/t15-/m0/s1. The molecule has 1 N–H and O–H groups in total. The van der Waals surface area contributed by atoms with Crippen molar-refractivity contribution in [2.24, 2.45) is 0 Å². The van der Waals surface area contributed by atoms with Gasteiger partial charge in [0.25, 0.3) is 0 Å². The number of aromatic nitrogens is 2. The zero-order valence-corrected chi connectivity index (χ0v) is 13.8. The Morgan fingerprint density at radius 1 is 1.16 bits per heavy atom. The summed E-state index contributed by atoms with van der Waals surface area (Å²) in [6, 6.07) is 15.2. The van der Waals surface area contributed by atoms with Crippen molar-refractivity contribution in [2.75, 3.05) is 7.11 Å². The van der Waals surface area contributed by atoms with Crippen LogP contribution in [0, 0.1) is 6.57 Å². The molecule has 0 aliphatic heterocycles. The fourth-order valence-electron chi connectivity index (χ4n) is 3.37. The van der Waals surface area contributed by atoms with Crippen LogP contribution in [0.2, 0.25) is 0 Å². The third-order valence-electron chi connectivity index (χ3n) is 4.52. The topological polar surface area (TPSA) is 51.6 Å². The Kier molecular flexibility index (Phi) is 3.75. The van der Waals surface area contributed by atoms with E-state index in [1.165, 1.54) is 0 Å². The monoisotopic (exact) mass is 331 g/mol. The Balaban J connectivity index is 1.94. The number of hydrogen-bond acceptors (Lipinski definition) is 3. The highest BCUT2D eigenvalue weighted by Gasteiger charge is 2.29. The first-order chi connectivity index (χ1) is 12.2. The Bertz CT molecular complexity index is 968. The molecule has 1 aliphatic carbocycles. The summed E-state index contributed by atoms with van der Waals surface area (Å²) in [5, 5.41) is 14.8. The van der Waals surface area contributed by atoms with Crippen LogP contribution in [0.1, 0.15) is 11.3 Å². The van der Waals surface area contributed by atoms with Gasteiger partial charge in [0, 0.05) is 18.4 Å². The van der Waals surface area contributed by atoms with E-state index in [2.05, 4.69) is 4.85 Å². The van der Waals surface area contributed by atoms with Crippen molar-refractivity contribution >= 4 is 5.69 Å². The molecule has 0 radical (unpaired) electrons. The van der Waals surface area contributed by atoms with Gasteiger partial charge in [0.15, 0.2) is 5.69 Å². The molecular weight excluding hydrogens is 314 g/mol. The average Bonchev–Trinajstić information content (AvgIpc) is 3.17. The maximum atomic E-state index is 10.0. The first kappa shape index (κ1) is 15.4. The van der Waals surface area contributed by atoms with E-state index in [1.807, 2.05) is 41.1 Å². The van der Waals surface area contributed by atoms with Crippen LogP contribution in [0.25, 0.3) is 21.8 Å². The number of methoxy groups -OCH3 is 1. The minimum Gasteiger partial charge on any atom is -0.494 e. The van der Waals surface area contributed by atoms with E-state index in [-0.39, 0.29) is 6.10 Å². The molecule has 25 heavy (non-hydrogen) atoms. The van der Waals surface area contributed by atoms with Crippen molar-refractivity contribution in [3.63, 3.8) is 0 Å². The maximum Gasteiger partial charge on any atom is 0.187 e. The minimum atomic E-state index is -0.383. The first-order valence-corrected chi connectivity index (χ1v) is 8.11. The Morgan fingerprint density at radius 3 is 2.64 bits per heavy atom. The quantitative estimate of drug-likeness (QED) is 0.747. The van der Waals surface area contributed by atoms with Crippen LogP contribution in [0.4, 0.5) is 5.69 Å². The van der Waals surface area contributed by atoms with Crippen molar-refractivity contribution in [1.29, 1.82) is 0 Å². The third kappa shape index (κ3) is 2.57. The maximum absolute atomic E-state index is 10.0. The van der Waals surface area contributed by atoms with E-state index in [1.54, 1.807) is 19.2 Å². The number of rotatable bonds is 3. The van der Waals surface area contributed by atoms with Gasteiger partial charge in [0.2, 0.25) is 0 Å². The Morgan fingerprint density at radius 2 is 1.92 bits per heavy atom. The molecule has 0 fully saturated rings. The van der Waals surface area contributed by atoms with Crippen molar-refractivity contribution in [3.05, 3.63) is 71.2 Å². The molecule has 2 aromatic carbocycles. The smallest absolute Gasteiger partial charge is 0.187 e. The zero-order valence-electron chi connectivity index (χ0n) is 13.8. The number of ether oxygens (including phenoxy) is 1. The van der Waals surface area contributed by atoms with Crippen LogP contribution >= 0.6 is 0 Å². The predicted molar refractivity (Wildman–Crippen MR) is 95.2 cm³/mol. The number of benzene rings is 2. The summed E-state index contributed by atoms with van der Waals surface area (Å²) in [5.41, 5.74) is 5.37. The highest BCUT2D eigenvalue weighted by atomic mass is 16.5. The molecule has 0 spiro atoms. The van der Waals surface area contributed by atoms with Gasteiger partial charge in [-0.2, -0.15) is 5.10 Å². The van der Waals surface area contributed by atoms with E-state index >= 15 is 0 Å². The van der Waals surface area contributed by atoms with Gasteiger partial charge in [-0.3, -0.25) is 0 Å². The molecule has 5 nitrogen and oxygen atoms in total. The Hall–Kier alpha value is -3.10. The van der Waals surface area contributed by atoms with Crippen molar-refractivity contribution in [3.8, 4) is 22.7 Å². The van der Waals surface area contributed by atoms with E-state index in [0.717, 1.165) is 34.0 Å². The van der Waals surface area contributed by atoms with Crippen LogP contribution in [-0.2, 0) is 12.8 Å². The lowest BCUT2D eigenvalue weighted by Gasteiger charge is -2.14. The summed E-state index contributed by atoms with van der Waals surface area (Å²) >= 11 is 0. The van der Waals surface area contributed by atoms with Gasteiger partial charge >= 0.3 is 0 Å². The summed E-state index contributed by atoms with van der Waals surface area (Å²) in [7, 11) is 1.64. The van der Waals surface area contributed by atoms with Crippen LogP contribution in [0.3, 0.4) is 0 Å². The molecule has 0 amide bonds. The molecule has 1 atom stereocenters. The number of para-hydroxylation sites is 2. The molecule has 3 aromatic rings. The molecule has 4 rings (SSSR count). The van der Waals surface area contributed by atoms with E-state index in [9.17, 15) is 5.11 Å². The average molecular weight is 331 g/mol. The van der Waals surface area contributed by atoms with Gasteiger partial charge in [-0.15, -0.1) is 0 Å². The van der Waals surface area contributed by atoms with Crippen molar-refractivity contribution < 1.29 is 9.84 Å². The fraction of sp³-hybridized carbons (Fsp3) is 0.200. The SMILES string of the molecule is [C-]#[N+]c1ccc(-c2c3c(nn2-c2ccccc2OC)C[C@@H](O)C3)cc1. The normalized spacial score (nSPS) is 15.6. The zero-order chi connectivity index (χ0) is 17.4. The second kappa shape index (κ2) is 6.08. The third-order valence-corrected chi connectivity index (χ3v) is 4.52. The molecule has 5 heteroatoms. The number of fused-ring (bicyclic) bond motifs is 1. The van der Waals surface area contributed by atoms with Crippen LogP contribution in [0.15, 0.2) is 48.5 Å². The van der Waals surface area contributed by atoms with Gasteiger partial charge in [-0.1, -0.05) is 36.4 Å². The lowest BCUT2D eigenvalue weighted by atomic mass is 10.1. The van der Waals surface area contributed by atoms with Gasteiger partial charge in [-0.25, -0.2) is 9.53 Å². The Labute approximate surface area is 145 Å². The molecule has 0 unspecified atom stereocenters. The van der Waals surface area contributed by atoms with E-state index in [4.69, 9.17) is 16.4 Å². The number of aliphatic hydroxyl groups is 1. The number of hydrogen-bond donors (Lipinski definition) is 1. The van der Waals surface area contributed by atoms with Crippen LogP contribution in [-0.4, -0.2) is 28.1 Å². The lowest BCUT2D eigenvalue weighted by Crippen LogP contribution is -2.09. The first-order valence-electron chi connectivity index (χ1n) is 8.11. The summed E-state index contributed by atoms with van der Waals surface area (Å²) < 4.78 is 7.39. The number of nitrogens with zero attached hydrogens (tertiary/aromatic N) is 3. The molecule has 1 aromatic heterocycles. The van der Waals surface area contributed by atoms with Gasteiger partial charge in [0.1, 0.15) is 11.4 Å². The highest BCUT2D eigenvalue weighted by molar-refractivity contribution is 5.71. The highest BCUT2D eigenvalue weighted by Crippen LogP contribution is 2.37. The van der Waals surface area contributed by atoms with E-state index < -0.39 is 0 Å². The summed E-state index contributed by atoms with van der Waals surface area (Å²) in [4.78, 5) is 3.45. The molecular formula is C20H17N3O2. The largest absolute Gasteiger partial charge is 0.494 e. The minimum absolute atomic E-state index is 0.383. The summed E-state index contributed by atoms with van der Waals surface area (Å²) in [6.45, 7) is 7.13. The number of aliphatic hydroxyl groups excluding tert-OH is 1. The van der Waals surface area contributed by atoms with Gasteiger partial charge < -0.3 is 9.84 Å².